The van der Waals surface area contributed by atoms with Gasteiger partial charge in [-0.25, -0.2) is 0 Å². The van der Waals surface area contributed by atoms with E-state index >= 15 is 0 Å². The smallest absolute Gasteiger partial charge is 0.184 e. The monoisotopic (exact) mass is 329 g/mol. The molecule has 1 N–H and O–H groups in total. The van der Waals surface area contributed by atoms with Crippen LogP contribution in [0.5, 0.6) is 11.5 Å². The molecule has 5 nitrogen and oxygen atoms in total. The molecule has 128 valence electrons. The highest BCUT2D eigenvalue weighted by Gasteiger charge is 2.17. The first-order chi connectivity index (χ1) is 11.8. The summed E-state index contributed by atoms with van der Waals surface area (Å²) in [5, 5.41) is 3.44. The molecule has 0 bridgehead atoms. The lowest BCUT2D eigenvalue weighted by Gasteiger charge is -2.12. The molecular formula is C19H23NO4. The second-order valence-corrected chi connectivity index (χ2v) is 5.60. The van der Waals surface area contributed by atoms with Crippen LogP contribution in [0.4, 0.5) is 0 Å². The largest absolute Gasteiger partial charge is 0.497 e. The van der Waals surface area contributed by atoms with Gasteiger partial charge in [-0.15, -0.1) is 0 Å². The Bertz CT molecular complexity index is 651. The average molecular weight is 329 g/mol. The van der Waals surface area contributed by atoms with Crippen molar-refractivity contribution < 1.29 is 18.9 Å². The Kier molecular flexibility index (Phi) is 5.69. The third-order valence-electron chi connectivity index (χ3n) is 4.01. The maximum Gasteiger partial charge on any atom is 0.184 e. The molecule has 0 saturated carbocycles. The van der Waals surface area contributed by atoms with E-state index in [1.165, 1.54) is 5.56 Å². The van der Waals surface area contributed by atoms with Crippen molar-refractivity contribution in [3.8, 4) is 11.5 Å². The predicted molar refractivity (Wildman–Crippen MR) is 91.2 cm³/mol. The van der Waals surface area contributed by atoms with Gasteiger partial charge in [-0.2, -0.15) is 0 Å². The first-order valence-corrected chi connectivity index (χ1v) is 8.04. The maximum absolute atomic E-state index is 5.50. The molecule has 0 amide bonds. The lowest BCUT2D eigenvalue weighted by Crippen LogP contribution is -2.13. The molecule has 0 aliphatic carbocycles. The normalized spacial score (nSPS) is 14.8. The molecule has 2 aromatic carbocycles. The summed E-state index contributed by atoms with van der Waals surface area (Å²) in [6, 6.07) is 14.2. The van der Waals surface area contributed by atoms with Gasteiger partial charge in [0, 0.05) is 30.3 Å². The molecule has 0 aromatic heterocycles. The van der Waals surface area contributed by atoms with Crippen LogP contribution in [0, 0.1) is 0 Å². The fraction of sp³-hybridized carbons (Fsp3) is 0.368. The minimum Gasteiger partial charge on any atom is -0.497 e. The maximum atomic E-state index is 5.50. The van der Waals surface area contributed by atoms with E-state index in [0.29, 0.717) is 13.2 Å². The van der Waals surface area contributed by atoms with Gasteiger partial charge in [0.2, 0.25) is 0 Å². The molecule has 1 saturated heterocycles. The molecule has 0 radical (unpaired) electrons. The molecule has 3 rings (SSSR count). The van der Waals surface area contributed by atoms with Gasteiger partial charge in [0.1, 0.15) is 11.5 Å². The van der Waals surface area contributed by atoms with E-state index in [4.69, 9.17) is 18.9 Å². The van der Waals surface area contributed by atoms with Crippen LogP contribution in [-0.2, 0) is 22.6 Å². The number of nitrogens with one attached hydrogen (secondary N) is 1. The van der Waals surface area contributed by atoms with E-state index in [1.807, 2.05) is 18.2 Å². The minimum absolute atomic E-state index is 0.212. The molecule has 1 heterocycles. The van der Waals surface area contributed by atoms with Gasteiger partial charge in [-0.3, -0.25) is 0 Å². The topological polar surface area (TPSA) is 49.0 Å². The molecule has 24 heavy (non-hydrogen) atoms. The summed E-state index contributed by atoms with van der Waals surface area (Å²) in [7, 11) is 3.32. The second kappa shape index (κ2) is 8.15. The van der Waals surface area contributed by atoms with Crippen molar-refractivity contribution in [1.82, 2.24) is 5.32 Å². The Balaban J connectivity index is 1.54. The fourth-order valence-corrected chi connectivity index (χ4v) is 2.68. The van der Waals surface area contributed by atoms with Crippen LogP contribution in [0.3, 0.4) is 0 Å². The number of methoxy groups -OCH3 is 2. The number of benzene rings is 2. The van der Waals surface area contributed by atoms with E-state index in [0.717, 1.165) is 35.7 Å². The highest BCUT2D eigenvalue weighted by molar-refractivity contribution is 5.40. The summed E-state index contributed by atoms with van der Waals surface area (Å²) in [4.78, 5) is 0. The molecule has 1 fully saturated rings. The highest BCUT2D eigenvalue weighted by Crippen LogP contribution is 2.25. The van der Waals surface area contributed by atoms with Crippen molar-refractivity contribution in [1.29, 1.82) is 0 Å². The molecule has 5 heteroatoms. The van der Waals surface area contributed by atoms with Crippen LogP contribution in [-0.4, -0.2) is 27.4 Å². The number of rotatable bonds is 7. The lowest BCUT2D eigenvalue weighted by molar-refractivity contribution is -0.0441. The van der Waals surface area contributed by atoms with Gasteiger partial charge < -0.3 is 24.3 Å². The Morgan fingerprint density at radius 2 is 1.71 bits per heavy atom. The van der Waals surface area contributed by atoms with Crippen LogP contribution in [0.15, 0.2) is 42.5 Å². The second-order valence-electron chi connectivity index (χ2n) is 5.60. The Labute approximate surface area is 142 Å². The van der Waals surface area contributed by atoms with Gasteiger partial charge >= 0.3 is 0 Å². The van der Waals surface area contributed by atoms with E-state index in [1.54, 1.807) is 14.2 Å². The minimum atomic E-state index is -0.212. The first kappa shape index (κ1) is 16.8. The van der Waals surface area contributed by atoms with E-state index in [2.05, 4.69) is 29.6 Å². The van der Waals surface area contributed by atoms with Crippen LogP contribution in [0.1, 0.15) is 23.0 Å². The fourth-order valence-electron chi connectivity index (χ4n) is 2.68. The van der Waals surface area contributed by atoms with E-state index in [-0.39, 0.29) is 6.29 Å². The van der Waals surface area contributed by atoms with E-state index in [9.17, 15) is 0 Å². The summed E-state index contributed by atoms with van der Waals surface area (Å²) in [6.07, 6.45) is -0.212. The summed E-state index contributed by atoms with van der Waals surface area (Å²) < 4.78 is 21.6. The van der Waals surface area contributed by atoms with Crippen LogP contribution >= 0.6 is 0 Å². The van der Waals surface area contributed by atoms with Crippen molar-refractivity contribution in [2.75, 3.05) is 27.4 Å². The quantitative estimate of drug-likeness (QED) is 0.846. The van der Waals surface area contributed by atoms with Gasteiger partial charge in [-0.05, 0) is 11.6 Å². The molecule has 0 atom stereocenters. The Morgan fingerprint density at radius 3 is 2.38 bits per heavy atom. The average Bonchev–Trinajstić information content (AvgIpc) is 3.17. The molecular weight excluding hydrogens is 306 g/mol. The number of hydrogen-bond donors (Lipinski definition) is 1. The van der Waals surface area contributed by atoms with Crippen LogP contribution in [0.2, 0.25) is 0 Å². The number of hydrogen-bond acceptors (Lipinski definition) is 5. The zero-order valence-electron chi connectivity index (χ0n) is 14.1. The van der Waals surface area contributed by atoms with E-state index < -0.39 is 0 Å². The number of ether oxygens (including phenoxy) is 4. The predicted octanol–water partition coefficient (Wildman–Crippen LogP) is 3.04. The SMILES string of the molecule is COc1ccc(CNCc2ccc(C3OCCO3)cc2)c(OC)c1. The van der Waals surface area contributed by atoms with Crippen molar-refractivity contribution in [2.45, 2.75) is 19.4 Å². The molecule has 0 unspecified atom stereocenters. The van der Waals surface area contributed by atoms with Gasteiger partial charge in [0.05, 0.1) is 27.4 Å². The molecule has 1 aliphatic rings. The summed E-state index contributed by atoms with van der Waals surface area (Å²) in [6.45, 7) is 2.83. The first-order valence-electron chi connectivity index (χ1n) is 8.04. The van der Waals surface area contributed by atoms with Gasteiger partial charge in [-0.1, -0.05) is 30.3 Å². The van der Waals surface area contributed by atoms with Crippen LogP contribution < -0.4 is 14.8 Å². The standard InChI is InChI=1S/C19H23NO4/c1-21-17-8-7-16(18(11-17)22-2)13-20-12-14-3-5-15(6-4-14)19-23-9-10-24-19/h3-8,11,19-20H,9-10,12-13H2,1-2H3. The Morgan fingerprint density at radius 1 is 0.958 bits per heavy atom. The van der Waals surface area contributed by atoms with Crippen molar-refractivity contribution in [2.24, 2.45) is 0 Å². The third-order valence-corrected chi connectivity index (χ3v) is 4.01. The zero-order valence-corrected chi connectivity index (χ0v) is 14.1. The lowest BCUT2D eigenvalue weighted by atomic mass is 10.1. The van der Waals surface area contributed by atoms with Crippen molar-refractivity contribution >= 4 is 0 Å². The van der Waals surface area contributed by atoms with Gasteiger partial charge in [0.25, 0.3) is 0 Å². The highest BCUT2D eigenvalue weighted by atomic mass is 16.7. The summed E-state index contributed by atoms with van der Waals surface area (Å²) >= 11 is 0. The van der Waals surface area contributed by atoms with Gasteiger partial charge in [0.15, 0.2) is 6.29 Å². The zero-order chi connectivity index (χ0) is 16.8. The molecule has 0 spiro atoms. The summed E-state index contributed by atoms with van der Waals surface area (Å²) in [5.74, 6) is 1.62. The van der Waals surface area contributed by atoms with Crippen LogP contribution in [0.25, 0.3) is 0 Å². The molecule has 1 aliphatic heterocycles. The third kappa shape index (κ3) is 4.06. The Hall–Kier alpha value is -2.08. The molecule has 2 aromatic rings. The van der Waals surface area contributed by atoms with Crippen molar-refractivity contribution in [3.63, 3.8) is 0 Å². The van der Waals surface area contributed by atoms with Crippen molar-refractivity contribution in [3.05, 3.63) is 59.2 Å². The summed E-state index contributed by atoms with van der Waals surface area (Å²) in [5.41, 5.74) is 3.37.